The molecule has 0 aliphatic carbocycles. The molecule has 2 aromatic heterocycles. The van der Waals surface area contributed by atoms with Crippen molar-refractivity contribution < 1.29 is 13.7 Å². The summed E-state index contributed by atoms with van der Waals surface area (Å²) >= 11 is 0. The molecule has 7 heteroatoms. The van der Waals surface area contributed by atoms with Crippen molar-refractivity contribution in [3.8, 4) is 11.4 Å². The molecule has 1 aliphatic rings. The standard InChI is InChI=1S/C19H19FN4O2/c1-11-10-16(26-23-11)15-4-3-9-24(15)19(25)17-12(2)21-18(22-17)13-5-7-14(20)8-6-13/h5-8,10,15H,3-4,9H2,1-2H3,(H,21,22). The van der Waals surface area contributed by atoms with E-state index in [1.165, 1.54) is 12.1 Å². The van der Waals surface area contributed by atoms with E-state index in [2.05, 4.69) is 15.1 Å². The Labute approximate surface area is 150 Å². The Balaban J connectivity index is 1.62. The summed E-state index contributed by atoms with van der Waals surface area (Å²) in [4.78, 5) is 22.5. The molecule has 0 saturated carbocycles. The molecule has 26 heavy (non-hydrogen) atoms. The number of aromatic nitrogens is 3. The van der Waals surface area contributed by atoms with Crippen LogP contribution < -0.4 is 0 Å². The number of aryl methyl sites for hydroxylation is 2. The Morgan fingerprint density at radius 3 is 2.77 bits per heavy atom. The first-order valence-electron chi connectivity index (χ1n) is 8.59. The minimum Gasteiger partial charge on any atom is -0.359 e. The minimum atomic E-state index is -0.310. The van der Waals surface area contributed by atoms with Crippen molar-refractivity contribution in [2.24, 2.45) is 0 Å². The van der Waals surface area contributed by atoms with Gasteiger partial charge in [-0.05, 0) is 51.0 Å². The summed E-state index contributed by atoms with van der Waals surface area (Å²) in [6, 6.07) is 7.77. The fourth-order valence-electron chi connectivity index (χ4n) is 3.40. The van der Waals surface area contributed by atoms with Crippen LogP contribution in [0, 0.1) is 19.7 Å². The second kappa shape index (κ2) is 6.40. The van der Waals surface area contributed by atoms with Gasteiger partial charge >= 0.3 is 0 Å². The number of H-pyrrole nitrogens is 1. The van der Waals surface area contributed by atoms with Crippen LogP contribution >= 0.6 is 0 Å². The van der Waals surface area contributed by atoms with Gasteiger partial charge < -0.3 is 14.4 Å². The molecule has 0 radical (unpaired) electrons. The molecule has 1 unspecified atom stereocenters. The molecule has 6 nitrogen and oxygen atoms in total. The lowest BCUT2D eigenvalue weighted by Crippen LogP contribution is -2.31. The van der Waals surface area contributed by atoms with E-state index in [9.17, 15) is 9.18 Å². The number of likely N-dealkylation sites (tertiary alicyclic amines) is 1. The average molecular weight is 354 g/mol. The molecule has 3 aromatic rings. The lowest BCUT2D eigenvalue weighted by molar-refractivity contribution is 0.0708. The SMILES string of the molecule is Cc1cc(C2CCCN2C(=O)c2nc(-c3ccc(F)cc3)[nH]c2C)on1. The lowest BCUT2D eigenvalue weighted by atomic mass is 10.1. The Bertz CT molecular complexity index is 945. The molecule has 0 spiro atoms. The first-order chi connectivity index (χ1) is 12.5. The summed E-state index contributed by atoms with van der Waals surface area (Å²) in [5.41, 5.74) is 2.60. The van der Waals surface area contributed by atoms with Crippen molar-refractivity contribution in [2.45, 2.75) is 32.7 Å². The zero-order valence-electron chi connectivity index (χ0n) is 14.6. The number of imidazole rings is 1. The van der Waals surface area contributed by atoms with Crippen molar-refractivity contribution in [1.29, 1.82) is 0 Å². The third-order valence-electron chi connectivity index (χ3n) is 4.69. The fraction of sp³-hybridized carbons (Fsp3) is 0.316. The van der Waals surface area contributed by atoms with Crippen molar-refractivity contribution in [3.05, 3.63) is 59.0 Å². The van der Waals surface area contributed by atoms with E-state index < -0.39 is 0 Å². The Morgan fingerprint density at radius 2 is 2.08 bits per heavy atom. The molecular formula is C19H19FN4O2. The average Bonchev–Trinajstić information content (AvgIpc) is 3.34. The highest BCUT2D eigenvalue weighted by atomic mass is 19.1. The molecule has 4 rings (SSSR count). The highest BCUT2D eigenvalue weighted by molar-refractivity contribution is 5.94. The van der Waals surface area contributed by atoms with Crippen molar-refractivity contribution >= 4 is 5.91 Å². The molecule has 1 amide bonds. The van der Waals surface area contributed by atoms with E-state index in [-0.39, 0.29) is 17.8 Å². The van der Waals surface area contributed by atoms with E-state index in [1.807, 2.05) is 19.9 Å². The number of nitrogens with zero attached hydrogens (tertiary/aromatic N) is 3. The molecule has 0 bridgehead atoms. The lowest BCUT2D eigenvalue weighted by Gasteiger charge is -2.21. The number of nitrogens with one attached hydrogen (secondary N) is 1. The van der Waals surface area contributed by atoms with Crippen LogP contribution in [0.4, 0.5) is 4.39 Å². The molecular weight excluding hydrogens is 335 g/mol. The number of hydrogen-bond donors (Lipinski definition) is 1. The second-order valence-corrected chi connectivity index (χ2v) is 6.59. The van der Waals surface area contributed by atoms with Crippen LogP contribution in [-0.4, -0.2) is 32.5 Å². The number of hydrogen-bond acceptors (Lipinski definition) is 4. The molecule has 1 fully saturated rings. The van der Waals surface area contributed by atoms with E-state index in [4.69, 9.17) is 4.52 Å². The van der Waals surface area contributed by atoms with Crippen LogP contribution in [0.2, 0.25) is 0 Å². The highest BCUT2D eigenvalue weighted by Crippen LogP contribution is 2.34. The van der Waals surface area contributed by atoms with Gasteiger partial charge in [-0.1, -0.05) is 5.16 Å². The Kier molecular flexibility index (Phi) is 4.06. The number of aromatic amines is 1. The van der Waals surface area contributed by atoms with Crippen LogP contribution in [0.25, 0.3) is 11.4 Å². The van der Waals surface area contributed by atoms with Gasteiger partial charge in [0.1, 0.15) is 17.3 Å². The van der Waals surface area contributed by atoms with E-state index >= 15 is 0 Å². The number of benzene rings is 1. The third kappa shape index (κ3) is 2.89. The van der Waals surface area contributed by atoms with Gasteiger partial charge in [0.05, 0.1) is 11.7 Å². The number of rotatable bonds is 3. The number of amides is 1. The largest absolute Gasteiger partial charge is 0.359 e. The molecule has 1 atom stereocenters. The zero-order chi connectivity index (χ0) is 18.3. The number of carbonyl (C=O) groups excluding carboxylic acids is 1. The predicted molar refractivity (Wildman–Crippen MR) is 93.0 cm³/mol. The maximum atomic E-state index is 13.1. The summed E-state index contributed by atoms with van der Waals surface area (Å²) in [6.07, 6.45) is 1.75. The van der Waals surface area contributed by atoms with Gasteiger partial charge in [-0.15, -0.1) is 0 Å². The molecule has 134 valence electrons. The summed E-state index contributed by atoms with van der Waals surface area (Å²) < 4.78 is 18.5. The first kappa shape index (κ1) is 16.5. The Hall–Kier alpha value is -2.96. The minimum absolute atomic E-state index is 0.117. The number of halogens is 1. The predicted octanol–water partition coefficient (Wildman–Crippen LogP) is 3.80. The van der Waals surface area contributed by atoms with Crippen molar-refractivity contribution in [3.63, 3.8) is 0 Å². The molecule has 1 saturated heterocycles. The maximum Gasteiger partial charge on any atom is 0.274 e. The van der Waals surface area contributed by atoms with Gasteiger partial charge in [-0.25, -0.2) is 9.37 Å². The number of carbonyl (C=O) groups is 1. The smallest absolute Gasteiger partial charge is 0.274 e. The van der Waals surface area contributed by atoms with Crippen LogP contribution in [0.1, 0.15) is 46.5 Å². The third-order valence-corrected chi connectivity index (χ3v) is 4.69. The Morgan fingerprint density at radius 1 is 1.31 bits per heavy atom. The first-order valence-corrected chi connectivity index (χ1v) is 8.59. The molecule has 1 aliphatic heterocycles. The van der Waals surface area contributed by atoms with Gasteiger partial charge in [-0.3, -0.25) is 4.79 Å². The van der Waals surface area contributed by atoms with Gasteiger partial charge in [-0.2, -0.15) is 0 Å². The van der Waals surface area contributed by atoms with Gasteiger partial charge in [0.2, 0.25) is 0 Å². The van der Waals surface area contributed by atoms with Crippen LogP contribution in [0.15, 0.2) is 34.9 Å². The maximum absolute atomic E-state index is 13.1. The van der Waals surface area contributed by atoms with Crippen LogP contribution in [-0.2, 0) is 0 Å². The van der Waals surface area contributed by atoms with Gasteiger partial charge in [0.15, 0.2) is 5.76 Å². The summed E-state index contributed by atoms with van der Waals surface area (Å²) in [5, 5.41) is 3.93. The normalized spacial score (nSPS) is 17.0. The molecule has 3 heterocycles. The zero-order valence-corrected chi connectivity index (χ0v) is 14.6. The quantitative estimate of drug-likeness (QED) is 0.776. The highest BCUT2D eigenvalue weighted by Gasteiger charge is 2.34. The van der Waals surface area contributed by atoms with Gasteiger partial charge in [0.25, 0.3) is 5.91 Å². The monoisotopic (exact) mass is 354 g/mol. The van der Waals surface area contributed by atoms with E-state index in [0.717, 1.165) is 24.1 Å². The van der Waals surface area contributed by atoms with E-state index in [0.29, 0.717) is 29.5 Å². The topological polar surface area (TPSA) is 75.0 Å². The fourth-order valence-corrected chi connectivity index (χ4v) is 3.40. The molecule has 1 aromatic carbocycles. The summed E-state index contributed by atoms with van der Waals surface area (Å²) in [5.74, 6) is 0.816. The van der Waals surface area contributed by atoms with Crippen LogP contribution in [0.5, 0.6) is 0 Å². The van der Waals surface area contributed by atoms with E-state index in [1.54, 1.807) is 17.0 Å². The van der Waals surface area contributed by atoms with Crippen LogP contribution in [0.3, 0.4) is 0 Å². The van der Waals surface area contributed by atoms with Crippen molar-refractivity contribution in [1.82, 2.24) is 20.0 Å². The van der Waals surface area contributed by atoms with Crippen molar-refractivity contribution in [2.75, 3.05) is 6.54 Å². The summed E-state index contributed by atoms with van der Waals surface area (Å²) in [6.45, 7) is 4.33. The second-order valence-electron chi connectivity index (χ2n) is 6.59. The summed E-state index contributed by atoms with van der Waals surface area (Å²) in [7, 11) is 0. The molecule has 1 N–H and O–H groups in total. The van der Waals surface area contributed by atoms with Gasteiger partial charge in [0, 0.05) is 23.9 Å².